The van der Waals surface area contributed by atoms with Gasteiger partial charge in [0.25, 0.3) is 0 Å². The van der Waals surface area contributed by atoms with Gasteiger partial charge in [0.1, 0.15) is 10.5 Å². The van der Waals surface area contributed by atoms with Gasteiger partial charge in [0.15, 0.2) is 5.65 Å². The Morgan fingerprint density at radius 2 is 1.85 bits per heavy atom. The van der Waals surface area contributed by atoms with Gasteiger partial charge in [-0.3, -0.25) is 0 Å². The molecule has 0 spiro atoms. The van der Waals surface area contributed by atoms with Crippen LogP contribution in [0, 0.1) is 0 Å². The van der Waals surface area contributed by atoms with Crippen LogP contribution in [-0.2, 0) is 12.3 Å². The van der Waals surface area contributed by atoms with Crippen molar-refractivity contribution in [1.82, 2.24) is 24.7 Å². The second-order valence-corrected chi connectivity index (χ2v) is 7.95. The van der Waals surface area contributed by atoms with E-state index in [1.165, 1.54) is 4.70 Å². The number of benzene rings is 2. The van der Waals surface area contributed by atoms with Gasteiger partial charge in [-0.05, 0) is 25.1 Å². The zero-order chi connectivity index (χ0) is 17.5. The lowest BCUT2D eigenvalue weighted by Crippen LogP contribution is -1.98. The number of aromatic nitrogens is 5. The maximum Gasteiger partial charge on any atom is 0.211 e. The van der Waals surface area contributed by atoms with Crippen molar-refractivity contribution in [3.05, 3.63) is 53.5 Å². The molecule has 0 atom stereocenters. The minimum absolute atomic E-state index is 0.689. The fourth-order valence-electron chi connectivity index (χ4n) is 3.18. The van der Waals surface area contributed by atoms with Crippen molar-refractivity contribution < 1.29 is 0 Å². The number of hydrogen-bond donors (Lipinski definition) is 0. The lowest BCUT2D eigenvalue weighted by atomic mass is 10.2. The van der Waals surface area contributed by atoms with Gasteiger partial charge in [0, 0.05) is 11.9 Å². The average Bonchev–Trinajstić information content (AvgIpc) is 3.24. The van der Waals surface area contributed by atoms with E-state index in [1.807, 2.05) is 30.3 Å². The van der Waals surface area contributed by atoms with Crippen molar-refractivity contribution in [3.8, 4) is 0 Å². The smallest absolute Gasteiger partial charge is 0.211 e. The minimum Gasteiger partial charge on any atom is -0.324 e. The molecule has 0 aliphatic carbocycles. The van der Waals surface area contributed by atoms with E-state index in [-0.39, 0.29) is 0 Å². The van der Waals surface area contributed by atoms with Crippen LogP contribution in [-0.4, -0.2) is 24.7 Å². The van der Waals surface area contributed by atoms with E-state index < -0.39 is 0 Å². The highest BCUT2D eigenvalue weighted by Gasteiger charge is 2.14. The number of fused-ring (bicyclic) bond motifs is 4. The van der Waals surface area contributed by atoms with Gasteiger partial charge in [-0.1, -0.05) is 42.1 Å². The molecular weight excluding hydrogens is 362 g/mol. The Bertz CT molecular complexity index is 1210. The fourth-order valence-corrected chi connectivity index (χ4v) is 4.92. The summed E-state index contributed by atoms with van der Waals surface area (Å²) in [5.74, 6) is 0.749. The normalized spacial score (nSPS) is 11.7. The second-order valence-electron chi connectivity index (χ2n) is 5.89. The first kappa shape index (κ1) is 15.7. The Morgan fingerprint density at radius 1 is 1.00 bits per heavy atom. The third-order valence-electron chi connectivity index (χ3n) is 4.33. The molecule has 3 aromatic heterocycles. The summed E-state index contributed by atoms with van der Waals surface area (Å²) >= 11 is 3.30. The van der Waals surface area contributed by atoms with Crippen molar-refractivity contribution in [2.75, 3.05) is 0 Å². The molecule has 0 radical (unpaired) electrons. The molecule has 0 N–H and O–H groups in total. The van der Waals surface area contributed by atoms with Crippen molar-refractivity contribution in [1.29, 1.82) is 0 Å². The van der Waals surface area contributed by atoms with Gasteiger partial charge in [-0.25, -0.2) is 9.97 Å². The Morgan fingerprint density at radius 3 is 2.73 bits per heavy atom. The number of aryl methyl sites for hydroxylation is 1. The number of hydrogen-bond acceptors (Lipinski definition) is 6. The van der Waals surface area contributed by atoms with Gasteiger partial charge >= 0.3 is 0 Å². The lowest BCUT2D eigenvalue weighted by Gasteiger charge is -2.02. The zero-order valence-electron chi connectivity index (χ0n) is 14.1. The van der Waals surface area contributed by atoms with Crippen LogP contribution in [0.4, 0.5) is 0 Å². The number of para-hydroxylation sites is 2. The number of thioether (sulfide) groups is 1. The van der Waals surface area contributed by atoms with Crippen LogP contribution in [0.1, 0.15) is 11.9 Å². The first-order chi connectivity index (χ1) is 12.8. The van der Waals surface area contributed by atoms with Crippen LogP contribution in [0.25, 0.3) is 32.3 Å². The molecule has 0 saturated carbocycles. The molecule has 0 saturated heterocycles. The van der Waals surface area contributed by atoms with Gasteiger partial charge in [-0.15, -0.1) is 21.5 Å². The summed E-state index contributed by atoms with van der Waals surface area (Å²) in [5, 5.41) is 11.7. The summed E-state index contributed by atoms with van der Waals surface area (Å²) in [5.41, 5.74) is 3.97. The SMILES string of the molecule is CCn1c2ccccc2c2nnc(SCc3nc4ccccc4s3)nc21. The van der Waals surface area contributed by atoms with Crippen molar-refractivity contribution >= 4 is 55.4 Å². The van der Waals surface area contributed by atoms with Gasteiger partial charge in [-0.2, -0.15) is 0 Å². The Balaban J connectivity index is 1.50. The molecule has 5 rings (SSSR count). The number of nitrogens with zero attached hydrogens (tertiary/aromatic N) is 5. The zero-order valence-corrected chi connectivity index (χ0v) is 15.7. The molecule has 7 heteroatoms. The third kappa shape index (κ3) is 2.55. The Kier molecular flexibility index (Phi) is 3.83. The minimum atomic E-state index is 0.689. The monoisotopic (exact) mass is 377 g/mol. The van der Waals surface area contributed by atoms with Crippen LogP contribution in [0.5, 0.6) is 0 Å². The summed E-state index contributed by atoms with van der Waals surface area (Å²) in [7, 11) is 0. The Labute approximate surface area is 158 Å². The molecule has 5 nitrogen and oxygen atoms in total. The highest BCUT2D eigenvalue weighted by atomic mass is 32.2. The fraction of sp³-hybridized carbons (Fsp3) is 0.158. The van der Waals surface area contributed by atoms with Crippen molar-refractivity contribution in [3.63, 3.8) is 0 Å². The lowest BCUT2D eigenvalue weighted by molar-refractivity contribution is 0.789. The highest BCUT2D eigenvalue weighted by Crippen LogP contribution is 2.29. The summed E-state index contributed by atoms with van der Waals surface area (Å²) in [4.78, 5) is 9.46. The quantitative estimate of drug-likeness (QED) is 0.417. The van der Waals surface area contributed by atoms with Gasteiger partial charge in [0.05, 0.1) is 21.5 Å². The molecule has 0 bridgehead atoms. The third-order valence-corrected chi connectivity index (χ3v) is 6.40. The molecular formula is C19H15N5S2. The van der Waals surface area contributed by atoms with E-state index in [2.05, 4.69) is 44.9 Å². The first-order valence-electron chi connectivity index (χ1n) is 8.42. The maximum atomic E-state index is 4.78. The molecule has 3 heterocycles. The summed E-state index contributed by atoms with van der Waals surface area (Å²) in [6.45, 7) is 2.98. The maximum absolute atomic E-state index is 4.78. The van der Waals surface area contributed by atoms with Gasteiger partial charge < -0.3 is 4.57 Å². The predicted octanol–water partition coefficient (Wildman–Crippen LogP) is 4.90. The topological polar surface area (TPSA) is 56.5 Å². The van der Waals surface area contributed by atoms with Crippen LogP contribution >= 0.6 is 23.1 Å². The largest absolute Gasteiger partial charge is 0.324 e. The summed E-state index contributed by atoms with van der Waals surface area (Å²) in [6, 6.07) is 16.5. The van der Waals surface area contributed by atoms with E-state index >= 15 is 0 Å². The summed E-state index contributed by atoms with van der Waals surface area (Å²) in [6.07, 6.45) is 0. The molecule has 5 aromatic rings. The van der Waals surface area contributed by atoms with E-state index in [0.717, 1.165) is 44.9 Å². The molecule has 0 amide bonds. The van der Waals surface area contributed by atoms with E-state index in [1.54, 1.807) is 23.1 Å². The van der Waals surface area contributed by atoms with E-state index in [0.29, 0.717) is 5.16 Å². The first-order valence-corrected chi connectivity index (χ1v) is 10.2. The second kappa shape index (κ2) is 6.34. The predicted molar refractivity (Wildman–Crippen MR) is 108 cm³/mol. The molecule has 2 aromatic carbocycles. The number of rotatable bonds is 4. The molecule has 26 heavy (non-hydrogen) atoms. The molecule has 0 aliphatic rings. The van der Waals surface area contributed by atoms with Crippen LogP contribution in [0.2, 0.25) is 0 Å². The highest BCUT2D eigenvalue weighted by molar-refractivity contribution is 7.98. The van der Waals surface area contributed by atoms with Crippen LogP contribution < -0.4 is 0 Å². The summed E-state index contributed by atoms with van der Waals surface area (Å²) < 4.78 is 3.41. The molecule has 0 aliphatic heterocycles. The number of thiazole rings is 1. The van der Waals surface area contributed by atoms with Crippen molar-refractivity contribution in [2.24, 2.45) is 0 Å². The van der Waals surface area contributed by atoms with Crippen LogP contribution in [0.3, 0.4) is 0 Å². The van der Waals surface area contributed by atoms with Crippen molar-refractivity contribution in [2.45, 2.75) is 24.4 Å². The van der Waals surface area contributed by atoms with Crippen LogP contribution in [0.15, 0.2) is 53.7 Å². The van der Waals surface area contributed by atoms with E-state index in [4.69, 9.17) is 4.98 Å². The average molecular weight is 377 g/mol. The Hall–Kier alpha value is -2.51. The molecule has 0 fully saturated rings. The standard InChI is InChI=1S/C19H15N5S2/c1-2-24-14-9-5-3-7-12(14)17-18(24)21-19(23-22-17)25-11-16-20-13-8-4-6-10-15(13)26-16/h3-10H,2,11H2,1H3. The van der Waals surface area contributed by atoms with Gasteiger partial charge in [0.2, 0.25) is 5.16 Å². The molecule has 128 valence electrons. The molecule has 0 unspecified atom stereocenters. The van der Waals surface area contributed by atoms with E-state index in [9.17, 15) is 0 Å².